The van der Waals surface area contributed by atoms with E-state index < -0.39 is 17.5 Å². The lowest BCUT2D eigenvalue weighted by molar-refractivity contribution is -0.121. The molecule has 0 radical (unpaired) electrons. The van der Waals surface area contributed by atoms with Gasteiger partial charge in [0.1, 0.15) is 6.54 Å². The molecule has 0 aliphatic heterocycles. The second-order valence-electron chi connectivity index (χ2n) is 6.71. The van der Waals surface area contributed by atoms with Crippen molar-refractivity contribution in [2.75, 3.05) is 13.1 Å². The highest BCUT2D eigenvalue weighted by molar-refractivity contribution is 5.88. The molecule has 0 atom stereocenters. The lowest BCUT2D eigenvalue weighted by Gasteiger charge is -2.27. The number of urea groups is 1. The van der Waals surface area contributed by atoms with Crippen molar-refractivity contribution in [3.63, 3.8) is 0 Å². The van der Waals surface area contributed by atoms with E-state index in [1.54, 1.807) is 0 Å². The molecule has 0 aromatic heterocycles. The van der Waals surface area contributed by atoms with Gasteiger partial charge in [-0.25, -0.2) is 4.79 Å². The molecule has 0 aromatic rings. The average molecular weight is 313 g/mol. The molecule has 0 fully saturated rings. The van der Waals surface area contributed by atoms with Crippen LogP contribution in [0.25, 0.3) is 0 Å². The normalized spacial score (nSPS) is 11.1. The van der Waals surface area contributed by atoms with Gasteiger partial charge in [-0.15, -0.1) is 0 Å². The van der Waals surface area contributed by atoms with Crippen molar-refractivity contribution in [3.8, 4) is 0 Å². The summed E-state index contributed by atoms with van der Waals surface area (Å²) in [5.41, 5.74) is 4.72. The molecule has 0 saturated carbocycles. The minimum absolute atomic E-state index is 0.0400. The summed E-state index contributed by atoms with van der Waals surface area (Å²) in [7, 11) is 0. The molecule has 6 heteroatoms. The Morgan fingerprint density at radius 3 is 2.09 bits per heavy atom. The zero-order valence-electron chi connectivity index (χ0n) is 14.4. The lowest BCUT2D eigenvalue weighted by Crippen LogP contribution is -2.52. The first-order valence-electron chi connectivity index (χ1n) is 8.02. The largest absolute Gasteiger partial charge is 0.368 e. The van der Waals surface area contributed by atoms with Gasteiger partial charge in [0.25, 0.3) is 0 Å². The van der Waals surface area contributed by atoms with Crippen molar-refractivity contribution in [1.29, 1.82) is 0 Å². The van der Waals surface area contributed by atoms with E-state index in [2.05, 4.69) is 12.2 Å². The summed E-state index contributed by atoms with van der Waals surface area (Å²) in [5.74, 6) is -0.665. The highest BCUT2D eigenvalue weighted by Crippen LogP contribution is 2.07. The molecule has 0 heterocycles. The van der Waals surface area contributed by atoms with E-state index in [4.69, 9.17) is 5.73 Å². The van der Waals surface area contributed by atoms with Gasteiger partial charge in [-0.1, -0.05) is 32.6 Å². The van der Waals surface area contributed by atoms with Crippen molar-refractivity contribution in [1.82, 2.24) is 10.2 Å². The van der Waals surface area contributed by atoms with Crippen LogP contribution in [0.3, 0.4) is 0 Å². The number of nitrogens with two attached hydrogens (primary N) is 1. The molecule has 0 bridgehead atoms. The van der Waals surface area contributed by atoms with Crippen molar-refractivity contribution in [2.24, 2.45) is 5.73 Å². The third-order valence-corrected chi connectivity index (χ3v) is 3.04. The molecular weight excluding hydrogens is 282 g/mol. The number of nitrogens with one attached hydrogen (secondary N) is 1. The molecule has 0 rings (SSSR count). The maximum atomic E-state index is 12.1. The third-order valence-electron chi connectivity index (χ3n) is 3.04. The van der Waals surface area contributed by atoms with Gasteiger partial charge >= 0.3 is 6.03 Å². The monoisotopic (exact) mass is 313 g/mol. The Hall–Kier alpha value is -1.59. The van der Waals surface area contributed by atoms with Crippen LogP contribution in [0.1, 0.15) is 66.2 Å². The summed E-state index contributed by atoms with van der Waals surface area (Å²) in [6.07, 6.45) is 5.73. The van der Waals surface area contributed by atoms with Crippen LogP contribution >= 0.6 is 0 Å². The van der Waals surface area contributed by atoms with Crippen molar-refractivity contribution in [3.05, 3.63) is 0 Å². The number of Topliss-reactive ketones (excluding diaryl/α,β-unsaturated/α-hetero) is 1. The molecule has 6 nitrogen and oxygen atoms in total. The van der Waals surface area contributed by atoms with Crippen LogP contribution in [0.4, 0.5) is 4.79 Å². The number of primary amides is 1. The van der Waals surface area contributed by atoms with Crippen LogP contribution in [-0.2, 0) is 9.59 Å². The Balaban J connectivity index is 4.36. The first-order valence-corrected chi connectivity index (χ1v) is 8.02. The van der Waals surface area contributed by atoms with Crippen LogP contribution in [0.5, 0.6) is 0 Å². The minimum Gasteiger partial charge on any atom is -0.368 e. The second kappa shape index (κ2) is 10.2. The smallest absolute Gasteiger partial charge is 0.318 e. The summed E-state index contributed by atoms with van der Waals surface area (Å²) >= 11 is 0. The summed E-state index contributed by atoms with van der Waals surface area (Å²) in [6.45, 7) is 7.33. The number of carbonyl (C=O) groups excluding carboxylic acids is 3. The molecule has 3 amide bonds. The summed E-state index contributed by atoms with van der Waals surface area (Å²) in [5, 5.41) is 2.74. The molecule has 3 N–H and O–H groups in total. The first-order chi connectivity index (χ1) is 10.2. The zero-order chi connectivity index (χ0) is 17.2. The van der Waals surface area contributed by atoms with Crippen LogP contribution < -0.4 is 11.1 Å². The zero-order valence-corrected chi connectivity index (χ0v) is 14.4. The highest BCUT2D eigenvalue weighted by Gasteiger charge is 2.22. The minimum atomic E-state index is -0.625. The molecule has 0 unspecified atom stereocenters. The molecule has 0 aliphatic rings. The fourth-order valence-electron chi connectivity index (χ4n) is 2.01. The Kier molecular flexibility index (Phi) is 9.45. The SMILES string of the molecule is CCCCCCCC(=O)CN(CC(N)=O)C(=O)NC(C)(C)C. The van der Waals surface area contributed by atoms with E-state index in [9.17, 15) is 14.4 Å². The van der Waals surface area contributed by atoms with E-state index in [0.29, 0.717) is 6.42 Å². The average Bonchev–Trinajstić information content (AvgIpc) is 2.35. The lowest BCUT2D eigenvalue weighted by atomic mass is 10.1. The van der Waals surface area contributed by atoms with E-state index in [1.807, 2.05) is 20.8 Å². The molecule has 0 spiro atoms. The topological polar surface area (TPSA) is 92.5 Å². The van der Waals surface area contributed by atoms with Gasteiger partial charge in [0.15, 0.2) is 5.78 Å². The van der Waals surface area contributed by atoms with Crippen LogP contribution in [-0.4, -0.2) is 41.2 Å². The molecular formula is C16H31N3O3. The maximum absolute atomic E-state index is 12.1. The van der Waals surface area contributed by atoms with E-state index >= 15 is 0 Å². The van der Waals surface area contributed by atoms with E-state index in [-0.39, 0.29) is 18.9 Å². The van der Waals surface area contributed by atoms with E-state index in [1.165, 1.54) is 11.3 Å². The quantitative estimate of drug-likeness (QED) is 0.606. The van der Waals surface area contributed by atoms with Gasteiger partial charge in [-0.3, -0.25) is 9.59 Å². The van der Waals surface area contributed by atoms with E-state index in [0.717, 1.165) is 25.7 Å². The standard InChI is InChI=1S/C16H31N3O3/c1-5-6-7-8-9-10-13(20)11-19(12-14(17)21)15(22)18-16(2,3)4/h5-12H2,1-4H3,(H2,17,21)(H,18,22). The predicted molar refractivity (Wildman–Crippen MR) is 87.4 cm³/mol. The third kappa shape index (κ3) is 11.1. The van der Waals surface area contributed by atoms with Gasteiger partial charge in [-0.2, -0.15) is 0 Å². The first kappa shape index (κ1) is 20.4. The Labute approximate surface area is 133 Å². The Morgan fingerprint density at radius 2 is 1.59 bits per heavy atom. The van der Waals surface area contributed by atoms with Gasteiger partial charge in [0, 0.05) is 12.0 Å². The van der Waals surface area contributed by atoms with Gasteiger partial charge in [0.2, 0.25) is 5.91 Å². The van der Waals surface area contributed by atoms with Crippen molar-refractivity contribution >= 4 is 17.7 Å². The summed E-state index contributed by atoms with van der Waals surface area (Å²) in [6, 6.07) is -0.439. The fraction of sp³-hybridized carbons (Fsp3) is 0.812. The number of rotatable bonds is 10. The second-order valence-corrected chi connectivity index (χ2v) is 6.71. The van der Waals surface area contributed by atoms with Crippen molar-refractivity contribution < 1.29 is 14.4 Å². The molecule has 22 heavy (non-hydrogen) atoms. The van der Waals surface area contributed by atoms with Gasteiger partial charge < -0.3 is 16.0 Å². The van der Waals surface area contributed by atoms with Crippen molar-refractivity contribution in [2.45, 2.75) is 71.8 Å². The van der Waals surface area contributed by atoms with Crippen LogP contribution in [0.15, 0.2) is 0 Å². The van der Waals surface area contributed by atoms with Gasteiger partial charge in [-0.05, 0) is 27.2 Å². The Bertz CT molecular complexity index is 375. The molecule has 128 valence electrons. The Morgan fingerprint density at radius 1 is 1.00 bits per heavy atom. The van der Waals surface area contributed by atoms with Crippen LogP contribution in [0.2, 0.25) is 0 Å². The van der Waals surface area contributed by atoms with Crippen LogP contribution in [0, 0.1) is 0 Å². The summed E-state index contributed by atoms with van der Waals surface area (Å²) < 4.78 is 0. The number of hydrogen-bond donors (Lipinski definition) is 2. The molecule has 0 saturated heterocycles. The molecule has 0 aromatic carbocycles. The number of unbranched alkanes of at least 4 members (excludes halogenated alkanes) is 4. The summed E-state index contributed by atoms with van der Waals surface area (Å²) in [4.78, 5) is 36.3. The number of carbonyl (C=O) groups is 3. The maximum Gasteiger partial charge on any atom is 0.318 e. The molecule has 0 aliphatic carbocycles. The highest BCUT2D eigenvalue weighted by atomic mass is 16.2. The predicted octanol–water partition coefficient (Wildman–Crippen LogP) is 2.21. The van der Waals surface area contributed by atoms with Gasteiger partial charge in [0.05, 0.1) is 6.54 Å². The number of nitrogens with zero attached hydrogens (tertiary/aromatic N) is 1. The fourth-order valence-corrected chi connectivity index (χ4v) is 2.01. The number of hydrogen-bond acceptors (Lipinski definition) is 3. The number of amides is 3. The number of ketones is 1.